The van der Waals surface area contributed by atoms with Crippen molar-refractivity contribution < 1.29 is 17.6 Å². The number of nitrogens with zero attached hydrogens (tertiary/aromatic N) is 1. The second-order valence-corrected chi connectivity index (χ2v) is 7.01. The minimum absolute atomic E-state index is 0.0929. The Hall–Kier alpha value is -1.21. The quantitative estimate of drug-likeness (QED) is 0.833. The smallest absolute Gasteiger partial charge is 0.254 e. The van der Waals surface area contributed by atoms with Gasteiger partial charge in [-0.05, 0) is 18.9 Å². The molecule has 1 aromatic heterocycles. The maximum absolute atomic E-state index is 13.0. The molecule has 1 saturated heterocycles. The number of halogens is 2. The minimum atomic E-state index is -3.12. The normalized spacial score (nSPS) is 21.9. The molecule has 0 aliphatic carbocycles. The average molecular weight is 307 g/mol. The van der Waals surface area contributed by atoms with Crippen molar-refractivity contribution in [2.75, 3.05) is 11.5 Å². The van der Waals surface area contributed by atoms with E-state index in [1.165, 1.54) is 0 Å². The highest BCUT2D eigenvalue weighted by atomic mass is 35.5. The zero-order valence-corrected chi connectivity index (χ0v) is 11.5. The summed E-state index contributed by atoms with van der Waals surface area (Å²) in [6, 6.07) is 0.507. The molecule has 19 heavy (non-hydrogen) atoms. The first-order valence-corrected chi connectivity index (χ1v) is 7.90. The fourth-order valence-electron chi connectivity index (χ4n) is 1.98. The van der Waals surface area contributed by atoms with Crippen LogP contribution < -0.4 is 5.32 Å². The molecule has 104 valence electrons. The zero-order chi connectivity index (χ0) is 14.0. The molecule has 1 aliphatic rings. The molecule has 1 aliphatic heterocycles. The van der Waals surface area contributed by atoms with Gasteiger partial charge in [-0.1, -0.05) is 11.6 Å². The Morgan fingerprint density at radius 1 is 1.53 bits per heavy atom. The van der Waals surface area contributed by atoms with E-state index in [1.807, 2.05) is 0 Å². The summed E-state index contributed by atoms with van der Waals surface area (Å²) in [5.74, 6) is -1.24. The molecule has 1 amide bonds. The van der Waals surface area contributed by atoms with E-state index in [0.717, 1.165) is 12.3 Å². The summed E-state index contributed by atoms with van der Waals surface area (Å²) >= 11 is 5.71. The third kappa shape index (κ3) is 3.63. The van der Waals surface area contributed by atoms with Gasteiger partial charge in [0, 0.05) is 6.04 Å². The van der Waals surface area contributed by atoms with Crippen molar-refractivity contribution in [1.29, 1.82) is 0 Å². The lowest BCUT2D eigenvalue weighted by Gasteiger charge is -2.23. The van der Waals surface area contributed by atoms with E-state index in [1.54, 1.807) is 0 Å². The van der Waals surface area contributed by atoms with Crippen LogP contribution in [-0.4, -0.2) is 36.9 Å². The number of pyridine rings is 1. The van der Waals surface area contributed by atoms with Gasteiger partial charge in [0.1, 0.15) is 11.0 Å². The van der Waals surface area contributed by atoms with Crippen LogP contribution >= 0.6 is 11.6 Å². The number of hydrogen-bond acceptors (Lipinski definition) is 4. The van der Waals surface area contributed by atoms with Crippen LogP contribution in [0.25, 0.3) is 0 Å². The van der Waals surface area contributed by atoms with Gasteiger partial charge in [-0.25, -0.2) is 17.8 Å². The molecule has 0 bridgehead atoms. The SMILES string of the molecule is O=C(NC1CCCS(=O)(=O)C1)c1cc(F)cnc1Cl. The summed E-state index contributed by atoms with van der Waals surface area (Å²) in [7, 11) is -3.12. The number of hydrogen-bond donors (Lipinski definition) is 1. The molecule has 1 N–H and O–H groups in total. The Kier molecular flexibility index (Phi) is 4.05. The van der Waals surface area contributed by atoms with Gasteiger partial charge in [0.2, 0.25) is 0 Å². The van der Waals surface area contributed by atoms with E-state index in [9.17, 15) is 17.6 Å². The van der Waals surface area contributed by atoms with E-state index >= 15 is 0 Å². The fourth-order valence-corrected chi connectivity index (χ4v) is 3.81. The Morgan fingerprint density at radius 3 is 2.95 bits per heavy atom. The molecule has 1 atom stereocenters. The summed E-state index contributed by atoms with van der Waals surface area (Å²) in [6.07, 6.45) is 1.98. The van der Waals surface area contributed by atoms with Crippen molar-refractivity contribution in [3.63, 3.8) is 0 Å². The zero-order valence-electron chi connectivity index (χ0n) is 9.90. The predicted molar refractivity (Wildman–Crippen MR) is 68.3 cm³/mol. The molecule has 8 heteroatoms. The summed E-state index contributed by atoms with van der Waals surface area (Å²) in [5.41, 5.74) is -0.0929. The van der Waals surface area contributed by atoms with Crippen LogP contribution in [0.5, 0.6) is 0 Å². The van der Waals surface area contributed by atoms with Crippen molar-refractivity contribution in [3.05, 3.63) is 28.8 Å². The highest BCUT2D eigenvalue weighted by Crippen LogP contribution is 2.16. The monoisotopic (exact) mass is 306 g/mol. The van der Waals surface area contributed by atoms with Crippen molar-refractivity contribution in [1.82, 2.24) is 10.3 Å². The maximum atomic E-state index is 13.0. The first-order valence-electron chi connectivity index (χ1n) is 5.70. The second-order valence-electron chi connectivity index (χ2n) is 4.42. The molecule has 1 unspecified atom stereocenters. The van der Waals surface area contributed by atoms with Gasteiger partial charge in [-0.2, -0.15) is 0 Å². The van der Waals surface area contributed by atoms with E-state index < -0.39 is 27.6 Å². The van der Waals surface area contributed by atoms with Gasteiger partial charge < -0.3 is 5.32 Å². The van der Waals surface area contributed by atoms with Crippen molar-refractivity contribution in [2.24, 2.45) is 0 Å². The summed E-state index contributed by atoms with van der Waals surface area (Å²) in [4.78, 5) is 15.4. The molecular weight excluding hydrogens is 295 g/mol. The Bertz CT molecular complexity index is 606. The number of carbonyl (C=O) groups excluding carboxylic acids is 1. The van der Waals surface area contributed by atoms with Crippen LogP contribution in [0.15, 0.2) is 12.3 Å². The number of amides is 1. The number of nitrogens with one attached hydrogen (secondary N) is 1. The lowest BCUT2D eigenvalue weighted by atomic mass is 10.1. The van der Waals surface area contributed by atoms with E-state index in [2.05, 4.69) is 10.3 Å². The molecule has 2 rings (SSSR count). The molecule has 0 spiro atoms. The average Bonchev–Trinajstić information content (AvgIpc) is 2.31. The first kappa shape index (κ1) is 14.2. The van der Waals surface area contributed by atoms with Crippen LogP contribution in [0, 0.1) is 5.82 Å². The fraction of sp³-hybridized carbons (Fsp3) is 0.455. The summed E-state index contributed by atoms with van der Waals surface area (Å²) in [6.45, 7) is 0. The molecular formula is C11H12ClFN2O3S. The number of aromatic nitrogens is 1. The molecule has 5 nitrogen and oxygen atoms in total. The van der Waals surface area contributed by atoms with Gasteiger partial charge >= 0.3 is 0 Å². The predicted octanol–water partition coefficient (Wildman–Crippen LogP) is 1.18. The Balaban J connectivity index is 2.11. The van der Waals surface area contributed by atoms with E-state index in [-0.39, 0.29) is 22.2 Å². The van der Waals surface area contributed by atoms with Crippen LogP contribution in [-0.2, 0) is 9.84 Å². The third-order valence-electron chi connectivity index (χ3n) is 2.85. The minimum Gasteiger partial charge on any atom is -0.348 e. The van der Waals surface area contributed by atoms with Crippen LogP contribution in [0.2, 0.25) is 5.15 Å². The van der Waals surface area contributed by atoms with Gasteiger partial charge in [0.15, 0.2) is 9.84 Å². The van der Waals surface area contributed by atoms with Gasteiger partial charge in [0.05, 0.1) is 23.3 Å². The lowest BCUT2D eigenvalue weighted by molar-refractivity contribution is 0.0937. The lowest BCUT2D eigenvalue weighted by Crippen LogP contribution is -2.43. The largest absolute Gasteiger partial charge is 0.348 e. The van der Waals surface area contributed by atoms with Crippen molar-refractivity contribution in [2.45, 2.75) is 18.9 Å². The van der Waals surface area contributed by atoms with Gasteiger partial charge in [-0.3, -0.25) is 4.79 Å². The van der Waals surface area contributed by atoms with Gasteiger partial charge in [0.25, 0.3) is 5.91 Å². The Labute approximate surface area is 115 Å². The molecule has 0 saturated carbocycles. The standard InChI is InChI=1S/C11H12ClFN2O3S/c12-10-9(4-7(13)5-14-10)11(16)15-8-2-1-3-19(17,18)6-8/h4-5,8H,1-3,6H2,(H,15,16). The molecule has 0 aromatic carbocycles. The summed E-state index contributed by atoms with van der Waals surface area (Å²) in [5, 5.41) is 2.44. The number of sulfone groups is 1. The molecule has 1 fully saturated rings. The second kappa shape index (κ2) is 5.42. The van der Waals surface area contributed by atoms with Crippen LogP contribution in [0.3, 0.4) is 0 Å². The first-order chi connectivity index (χ1) is 8.87. The Morgan fingerprint density at radius 2 is 2.26 bits per heavy atom. The number of carbonyl (C=O) groups is 1. The highest BCUT2D eigenvalue weighted by molar-refractivity contribution is 7.91. The molecule has 1 aromatic rings. The van der Waals surface area contributed by atoms with Crippen molar-refractivity contribution >= 4 is 27.3 Å². The number of rotatable bonds is 2. The van der Waals surface area contributed by atoms with E-state index in [0.29, 0.717) is 12.8 Å². The topological polar surface area (TPSA) is 76.1 Å². The van der Waals surface area contributed by atoms with Crippen molar-refractivity contribution in [3.8, 4) is 0 Å². The van der Waals surface area contributed by atoms with Crippen LogP contribution in [0.1, 0.15) is 23.2 Å². The maximum Gasteiger partial charge on any atom is 0.254 e. The highest BCUT2D eigenvalue weighted by Gasteiger charge is 2.26. The third-order valence-corrected chi connectivity index (χ3v) is 4.97. The molecule has 2 heterocycles. The van der Waals surface area contributed by atoms with E-state index in [4.69, 9.17) is 11.6 Å². The van der Waals surface area contributed by atoms with Gasteiger partial charge in [-0.15, -0.1) is 0 Å². The van der Waals surface area contributed by atoms with Crippen LogP contribution in [0.4, 0.5) is 4.39 Å². The molecule has 0 radical (unpaired) electrons. The summed E-state index contributed by atoms with van der Waals surface area (Å²) < 4.78 is 35.9.